The van der Waals surface area contributed by atoms with Crippen molar-refractivity contribution in [3.05, 3.63) is 16.6 Å². The van der Waals surface area contributed by atoms with Crippen LogP contribution in [0.4, 0.5) is 5.69 Å². The second-order valence-electron chi connectivity index (χ2n) is 5.12. The van der Waals surface area contributed by atoms with Gasteiger partial charge in [-0.05, 0) is 20.3 Å². The number of anilines is 1. The van der Waals surface area contributed by atoms with E-state index in [9.17, 15) is 14.4 Å². The van der Waals surface area contributed by atoms with Gasteiger partial charge in [0.25, 0.3) is 5.56 Å². The molecule has 0 saturated carbocycles. The van der Waals surface area contributed by atoms with Crippen molar-refractivity contribution < 1.29 is 9.59 Å². The molecule has 1 aliphatic rings. The first-order valence-corrected chi connectivity index (χ1v) is 8.29. The Morgan fingerprint density at radius 2 is 2.18 bits per heavy atom. The zero-order chi connectivity index (χ0) is 16.3. The van der Waals surface area contributed by atoms with Gasteiger partial charge >= 0.3 is 0 Å². The molecule has 1 N–H and O–H groups in total. The molecule has 2 rings (SSSR count). The SMILES string of the molecule is CC[C@@H](C)NC(=O)Cn1ncc2c(c1=O)N(CC)C(=O)CS2. The molecule has 1 aromatic heterocycles. The van der Waals surface area contributed by atoms with E-state index in [1.807, 2.05) is 20.8 Å². The molecule has 1 atom stereocenters. The van der Waals surface area contributed by atoms with Crippen LogP contribution in [0.1, 0.15) is 27.2 Å². The minimum atomic E-state index is -0.404. The van der Waals surface area contributed by atoms with Crippen LogP contribution < -0.4 is 15.8 Å². The summed E-state index contributed by atoms with van der Waals surface area (Å²) in [4.78, 5) is 38.5. The Labute approximate surface area is 133 Å². The van der Waals surface area contributed by atoms with E-state index in [0.29, 0.717) is 22.9 Å². The maximum absolute atomic E-state index is 12.5. The number of thioether (sulfide) groups is 1. The van der Waals surface area contributed by atoms with E-state index in [1.165, 1.54) is 16.7 Å². The van der Waals surface area contributed by atoms with Gasteiger partial charge in [-0.25, -0.2) is 4.68 Å². The summed E-state index contributed by atoms with van der Waals surface area (Å²) in [5, 5.41) is 6.84. The second kappa shape index (κ2) is 6.95. The Morgan fingerprint density at radius 1 is 1.45 bits per heavy atom. The molecule has 0 spiro atoms. The van der Waals surface area contributed by atoms with Gasteiger partial charge in [-0.15, -0.1) is 11.8 Å². The quantitative estimate of drug-likeness (QED) is 0.858. The predicted octanol–water partition coefficient (Wildman–Crippen LogP) is 0.617. The van der Waals surface area contributed by atoms with Crippen molar-refractivity contribution in [3.63, 3.8) is 0 Å². The van der Waals surface area contributed by atoms with Crippen molar-refractivity contribution in [2.24, 2.45) is 0 Å². The first-order valence-electron chi connectivity index (χ1n) is 7.30. The first kappa shape index (κ1) is 16.5. The fourth-order valence-corrected chi connectivity index (χ4v) is 3.06. The summed E-state index contributed by atoms with van der Waals surface area (Å²) in [6, 6.07) is 0.0464. The summed E-state index contributed by atoms with van der Waals surface area (Å²) in [5.74, 6) is -0.0545. The van der Waals surface area contributed by atoms with Crippen molar-refractivity contribution >= 4 is 29.3 Å². The molecule has 8 heteroatoms. The zero-order valence-electron chi connectivity index (χ0n) is 13.0. The molecule has 1 aromatic rings. The summed E-state index contributed by atoms with van der Waals surface area (Å²) in [5.41, 5.74) is -0.0747. The van der Waals surface area contributed by atoms with Gasteiger partial charge in [0, 0.05) is 12.6 Å². The monoisotopic (exact) mass is 324 g/mol. The number of nitrogens with one attached hydrogen (secondary N) is 1. The van der Waals surface area contributed by atoms with Crippen molar-refractivity contribution in [1.82, 2.24) is 15.1 Å². The van der Waals surface area contributed by atoms with Gasteiger partial charge in [-0.2, -0.15) is 5.10 Å². The molecule has 0 unspecified atom stereocenters. The van der Waals surface area contributed by atoms with E-state index in [0.717, 1.165) is 11.1 Å². The second-order valence-corrected chi connectivity index (χ2v) is 6.14. The third-order valence-corrected chi connectivity index (χ3v) is 4.54. The lowest BCUT2D eigenvalue weighted by atomic mass is 10.2. The van der Waals surface area contributed by atoms with Crippen LogP contribution in [0.25, 0.3) is 0 Å². The molecular weight excluding hydrogens is 304 g/mol. The largest absolute Gasteiger partial charge is 0.352 e. The summed E-state index contributed by atoms with van der Waals surface area (Å²) in [7, 11) is 0. The molecule has 0 aromatic carbocycles. The third kappa shape index (κ3) is 3.32. The van der Waals surface area contributed by atoms with Crippen LogP contribution in [0.2, 0.25) is 0 Å². The summed E-state index contributed by atoms with van der Waals surface area (Å²) < 4.78 is 1.11. The lowest BCUT2D eigenvalue weighted by Gasteiger charge is -2.27. The fourth-order valence-electron chi connectivity index (χ4n) is 2.17. The number of aromatic nitrogens is 2. The molecule has 0 aliphatic carbocycles. The third-order valence-electron chi connectivity index (χ3n) is 3.54. The lowest BCUT2D eigenvalue weighted by Crippen LogP contribution is -2.43. The van der Waals surface area contributed by atoms with Crippen LogP contribution in [-0.2, 0) is 16.1 Å². The molecule has 120 valence electrons. The van der Waals surface area contributed by atoms with E-state index in [2.05, 4.69) is 10.4 Å². The van der Waals surface area contributed by atoms with Crippen LogP contribution in [0.3, 0.4) is 0 Å². The molecule has 2 amide bonds. The lowest BCUT2D eigenvalue weighted by molar-refractivity contribution is -0.122. The summed E-state index contributed by atoms with van der Waals surface area (Å²) >= 11 is 1.30. The molecule has 2 heterocycles. The number of hydrogen-bond acceptors (Lipinski definition) is 5. The highest BCUT2D eigenvalue weighted by Gasteiger charge is 2.28. The van der Waals surface area contributed by atoms with Gasteiger partial charge in [0.15, 0.2) is 0 Å². The van der Waals surface area contributed by atoms with E-state index in [1.54, 1.807) is 6.20 Å². The molecule has 0 saturated heterocycles. The number of rotatable bonds is 5. The molecule has 22 heavy (non-hydrogen) atoms. The summed E-state index contributed by atoms with van der Waals surface area (Å²) in [6.07, 6.45) is 2.36. The Kier molecular flexibility index (Phi) is 5.23. The predicted molar refractivity (Wildman–Crippen MR) is 85.1 cm³/mol. The van der Waals surface area contributed by atoms with Gasteiger partial charge in [0.05, 0.1) is 16.8 Å². The molecule has 0 radical (unpaired) electrons. The molecule has 0 bridgehead atoms. The maximum atomic E-state index is 12.5. The summed E-state index contributed by atoms with van der Waals surface area (Å²) in [6.45, 7) is 5.96. The Hall–Kier alpha value is -1.83. The average Bonchev–Trinajstić information content (AvgIpc) is 2.50. The first-order chi connectivity index (χ1) is 10.5. The number of carbonyl (C=O) groups excluding carboxylic acids is 2. The van der Waals surface area contributed by atoms with Gasteiger partial charge in [-0.3, -0.25) is 14.4 Å². The highest BCUT2D eigenvalue weighted by molar-refractivity contribution is 8.00. The Morgan fingerprint density at radius 3 is 2.82 bits per heavy atom. The Bertz CT molecular complexity index is 643. The Balaban J connectivity index is 2.29. The number of carbonyl (C=O) groups is 2. The van der Waals surface area contributed by atoms with Crippen LogP contribution in [0.15, 0.2) is 15.9 Å². The molecule has 1 aliphatic heterocycles. The van der Waals surface area contributed by atoms with Crippen LogP contribution >= 0.6 is 11.8 Å². The van der Waals surface area contributed by atoms with Gasteiger partial charge in [0.1, 0.15) is 12.2 Å². The smallest absolute Gasteiger partial charge is 0.292 e. The van der Waals surface area contributed by atoms with Crippen molar-refractivity contribution in [1.29, 1.82) is 0 Å². The topological polar surface area (TPSA) is 84.3 Å². The fraction of sp³-hybridized carbons (Fsp3) is 0.571. The van der Waals surface area contributed by atoms with Crippen molar-refractivity contribution in [2.45, 2.75) is 44.7 Å². The standard InChI is InChI=1S/C14H20N4O3S/c1-4-9(3)16-11(19)7-18-14(21)13-10(6-15-18)22-8-12(20)17(13)5-2/h6,9H,4-5,7-8H2,1-3H3,(H,16,19)/t9-/m1/s1. The van der Waals surface area contributed by atoms with Gasteiger partial charge < -0.3 is 10.2 Å². The number of amides is 2. The molecule has 7 nitrogen and oxygen atoms in total. The van der Waals surface area contributed by atoms with Crippen molar-refractivity contribution in [2.75, 3.05) is 17.2 Å². The van der Waals surface area contributed by atoms with E-state index in [-0.39, 0.29) is 24.4 Å². The normalized spacial score (nSPS) is 15.4. The zero-order valence-corrected chi connectivity index (χ0v) is 13.8. The van der Waals surface area contributed by atoms with Gasteiger partial charge in [0.2, 0.25) is 11.8 Å². The highest BCUT2D eigenvalue weighted by Crippen LogP contribution is 2.31. The van der Waals surface area contributed by atoms with E-state index >= 15 is 0 Å². The van der Waals surface area contributed by atoms with Crippen LogP contribution in [0.5, 0.6) is 0 Å². The highest BCUT2D eigenvalue weighted by atomic mass is 32.2. The van der Waals surface area contributed by atoms with Crippen LogP contribution in [0, 0.1) is 0 Å². The maximum Gasteiger partial charge on any atom is 0.292 e. The van der Waals surface area contributed by atoms with E-state index in [4.69, 9.17) is 0 Å². The number of nitrogens with zero attached hydrogens (tertiary/aromatic N) is 3. The molecular formula is C14H20N4O3S. The van der Waals surface area contributed by atoms with Crippen molar-refractivity contribution in [3.8, 4) is 0 Å². The molecule has 0 fully saturated rings. The van der Waals surface area contributed by atoms with Gasteiger partial charge in [-0.1, -0.05) is 6.92 Å². The number of hydrogen-bond donors (Lipinski definition) is 1. The minimum absolute atomic E-state index is 0.0464. The average molecular weight is 324 g/mol. The number of fused-ring (bicyclic) bond motifs is 1. The van der Waals surface area contributed by atoms with E-state index < -0.39 is 5.56 Å². The minimum Gasteiger partial charge on any atom is -0.352 e. The van der Waals surface area contributed by atoms with Crippen LogP contribution in [-0.4, -0.2) is 39.9 Å².